The third kappa shape index (κ3) is 4.79. The molecule has 0 saturated carbocycles. The van der Waals surface area contributed by atoms with Crippen molar-refractivity contribution in [3.05, 3.63) is 71.6 Å². The lowest BCUT2D eigenvalue weighted by Gasteiger charge is -2.07. The first kappa shape index (κ1) is 19.7. The average Bonchev–Trinajstić information content (AvgIpc) is 2.98. The largest absolute Gasteiger partial charge is 0.416 e. The van der Waals surface area contributed by atoms with Gasteiger partial charge in [-0.15, -0.1) is 0 Å². The van der Waals surface area contributed by atoms with E-state index in [-0.39, 0.29) is 5.91 Å². The van der Waals surface area contributed by atoms with Crippen LogP contribution in [0.2, 0.25) is 0 Å². The summed E-state index contributed by atoms with van der Waals surface area (Å²) in [5, 5.41) is 2.78. The summed E-state index contributed by atoms with van der Waals surface area (Å²) >= 11 is 0. The number of halogens is 3. The zero-order valence-electron chi connectivity index (χ0n) is 15.3. The molecule has 2 aromatic carbocycles. The van der Waals surface area contributed by atoms with E-state index in [1.165, 1.54) is 24.3 Å². The molecule has 1 N–H and O–H groups in total. The maximum atomic E-state index is 12.5. The highest BCUT2D eigenvalue weighted by Gasteiger charge is 2.29. The van der Waals surface area contributed by atoms with Crippen LogP contribution in [-0.2, 0) is 17.5 Å². The number of nitrogens with one attached hydrogen (secondary N) is 1. The van der Waals surface area contributed by atoms with E-state index in [9.17, 15) is 18.0 Å². The highest BCUT2D eigenvalue weighted by atomic mass is 19.4. The molecule has 7 heteroatoms. The first-order chi connectivity index (χ1) is 13.3. The Labute approximate surface area is 160 Å². The number of alkyl halides is 3. The fourth-order valence-electron chi connectivity index (χ4n) is 2.94. The lowest BCUT2D eigenvalue weighted by molar-refractivity contribution is -0.137. The fourth-order valence-corrected chi connectivity index (χ4v) is 2.94. The molecule has 0 saturated heterocycles. The van der Waals surface area contributed by atoms with Crippen molar-refractivity contribution in [2.24, 2.45) is 0 Å². The van der Waals surface area contributed by atoms with Crippen LogP contribution in [0, 0.1) is 6.92 Å². The van der Waals surface area contributed by atoms with E-state index in [1.807, 2.05) is 31.2 Å². The molecule has 0 aliphatic rings. The number of rotatable bonds is 6. The molecule has 0 radical (unpaired) electrons. The number of hydrogen-bond acceptors (Lipinski definition) is 2. The zero-order valence-corrected chi connectivity index (χ0v) is 15.3. The smallest absolute Gasteiger partial charge is 0.352 e. The molecule has 4 nitrogen and oxygen atoms in total. The molecule has 1 heterocycles. The molecule has 3 aromatic rings. The van der Waals surface area contributed by atoms with Crippen LogP contribution >= 0.6 is 0 Å². The number of hydrogen-bond donors (Lipinski definition) is 1. The van der Waals surface area contributed by atoms with Crippen LogP contribution in [0.15, 0.2) is 54.6 Å². The molecule has 0 unspecified atom stereocenters. The first-order valence-electron chi connectivity index (χ1n) is 8.89. The van der Waals surface area contributed by atoms with Crippen LogP contribution < -0.4 is 5.32 Å². The van der Waals surface area contributed by atoms with Crippen LogP contribution in [0.25, 0.3) is 17.1 Å². The Morgan fingerprint density at radius 3 is 2.57 bits per heavy atom. The van der Waals surface area contributed by atoms with E-state index < -0.39 is 11.7 Å². The van der Waals surface area contributed by atoms with E-state index in [0.717, 1.165) is 42.0 Å². The van der Waals surface area contributed by atoms with E-state index in [0.29, 0.717) is 12.1 Å². The van der Waals surface area contributed by atoms with Crippen molar-refractivity contribution < 1.29 is 18.0 Å². The van der Waals surface area contributed by atoms with Gasteiger partial charge in [0, 0.05) is 19.2 Å². The van der Waals surface area contributed by atoms with Gasteiger partial charge in [-0.05, 0) is 49.2 Å². The molecule has 1 amide bonds. The summed E-state index contributed by atoms with van der Waals surface area (Å²) in [5.41, 5.74) is 1.83. The maximum Gasteiger partial charge on any atom is 0.416 e. The summed E-state index contributed by atoms with van der Waals surface area (Å²) in [5.74, 6) is 0.641. The predicted molar refractivity (Wildman–Crippen MR) is 103 cm³/mol. The van der Waals surface area contributed by atoms with Crippen LogP contribution in [0.5, 0.6) is 0 Å². The van der Waals surface area contributed by atoms with Gasteiger partial charge >= 0.3 is 6.18 Å². The molecule has 0 aliphatic heterocycles. The van der Waals surface area contributed by atoms with E-state index in [1.54, 1.807) is 0 Å². The van der Waals surface area contributed by atoms with Gasteiger partial charge in [-0.3, -0.25) is 4.79 Å². The molecule has 0 fully saturated rings. The molecule has 0 bridgehead atoms. The minimum absolute atomic E-state index is 0.285. The monoisotopic (exact) mass is 387 g/mol. The SMILES string of the molecule is Cc1nc2ccccc2n1CCCNC(=O)/C=C/c1ccc(C(F)(F)F)cc1. The normalized spacial score (nSPS) is 12.0. The quantitative estimate of drug-likeness (QED) is 0.497. The summed E-state index contributed by atoms with van der Waals surface area (Å²) in [6, 6.07) is 12.5. The second kappa shape index (κ2) is 8.29. The van der Waals surface area contributed by atoms with Crippen molar-refractivity contribution in [1.82, 2.24) is 14.9 Å². The van der Waals surface area contributed by atoms with Crippen LogP contribution in [-0.4, -0.2) is 22.0 Å². The second-order valence-electron chi connectivity index (χ2n) is 6.40. The number of carbonyl (C=O) groups excluding carboxylic acids is 1. The van der Waals surface area contributed by atoms with Crippen molar-refractivity contribution in [3.8, 4) is 0 Å². The molecule has 1 aromatic heterocycles. The number of carbonyl (C=O) groups is 1. The topological polar surface area (TPSA) is 46.9 Å². The molecule has 0 aliphatic carbocycles. The third-order valence-electron chi connectivity index (χ3n) is 4.37. The Morgan fingerprint density at radius 1 is 1.14 bits per heavy atom. The maximum absolute atomic E-state index is 12.5. The summed E-state index contributed by atoms with van der Waals surface area (Å²) < 4.78 is 39.7. The number of nitrogens with zero attached hydrogens (tertiary/aromatic N) is 2. The summed E-state index contributed by atoms with van der Waals surface area (Å²) in [4.78, 5) is 16.4. The van der Waals surface area contributed by atoms with Gasteiger partial charge < -0.3 is 9.88 Å². The average molecular weight is 387 g/mol. The number of para-hydroxylation sites is 2. The summed E-state index contributed by atoms with van der Waals surface area (Å²) in [6.07, 6.45) is -0.816. The Bertz CT molecular complexity index is 988. The van der Waals surface area contributed by atoms with Crippen molar-refractivity contribution in [3.63, 3.8) is 0 Å². The predicted octanol–water partition coefficient (Wildman–Crippen LogP) is 4.58. The molecule has 3 rings (SSSR count). The van der Waals surface area contributed by atoms with Crippen molar-refractivity contribution >= 4 is 23.0 Å². The van der Waals surface area contributed by atoms with Crippen molar-refractivity contribution in [2.75, 3.05) is 6.54 Å². The Balaban J connectivity index is 1.48. The number of imidazole rings is 1. The van der Waals surface area contributed by atoms with Crippen LogP contribution in [0.4, 0.5) is 13.2 Å². The number of aromatic nitrogens is 2. The van der Waals surface area contributed by atoms with Gasteiger partial charge in [0.05, 0.1) is 16.6 Å². The van der Waals surface area contributed by atoms with Gasteiger partial charge in [-0.25, -0.2) is 4.98 Å². The Hall–Kier alpha value is -3.09. The van der Waals surface area contributed by atoms with Crippen LogP contribution in [0.3, 0.4) is 0 Å². The standard InChI is InChI=1S/C21H20F3N3O/c1-15-26-18-5-2-3-6-19(18)27(15)14-4-13-25-20(28)12-9-16-7-10-17(11-8-16)21(22,23)24/h2-3,5-12H,4,13-14H2,1H3,(H,25,28)/b12-9+. The number of aryl methyl sites for hydroxylation is 2. The molecular weight excluding hydrogens is 367 g/mol. The lowest BCUT2D eigenvalue weighted by atomic mass is 10.1. The van der Waals surface area contributed by atoms with Crippen molar-refractivity contribution in [2.45, 2.75) is 26.1 Å². The second-order valence-corrected chi connectivity index (χ2v) is 6.40. The molecule has 0 atom stereocenters. The van der Waals surface area contributed by atoms with Gasteiger partial charge in [0.25, 0.3) is 0 Å². The highest BCUT2D eigenvalue weighted by molar-refractivity contribution is 5.91. The molecule has 28 heavy (non-hydrogen) atoms. The van der Waals surface area contributed by atoms with E-state index >= 15 is 0 Å². The number of fused-ring (bicyclic) bond motifs is 1. The first-order valence-corrected chi connectivity index (χ1v) is 8.89. The van der Waals surface area contributed by atoms with Crippen molar-refractivity contribution in [1.29, 1.82) is 0 Å². The van der Waals surface area contributed by atoms with Crippen LogP contribution in [0.1, 0.15) is 23.4 Å². The zero-order chi connectivity index (χ0) is 20.1. The fraction of sp³-hybridized carbons (Fsp3) is 0.238. The van der Waals surface area contributed by atoms with Gasteiger partial charge in [-0.2, -0.15) is 13.2 Å². The number of amides is 1. The van der Waals surface area contributed by atoms with Gasteiger partial charge in [0.2, 0.25) is 5.91 Å². The summed E-state index contributed by atoms with van der Waals surface area (Å²) in [6.45, 7) is 3.17. The Kier molecular flexibility index (Phi) is 5.82. The molecular formula is C21H20F3N3O. The number of benzene rings is 2. The minimum Gasteiger partial charge on any atom is -0.352 e. The summed E-state index contributed by atoms with van der Waals surface area (Å²) in [7, 11) is 0. The molecule has 0 spiro atoms. The Morgan fingerprint density at radius 2 is 1.86 bits per heavy atom. The van der Waals surface area contributed by atoms with Gasteiger partial charge in [-0.1, -0.05) is 24.3 Å². The van der Waals surface area contributed by atoms with E-state index in [4.69, 9.17) is 0 Å². The van der Waals surface area contributed by atoms with Gasteiger partial charge in [0.15, 0.2) is 0 Å². The lowest BCUT2D eigenvalue weighted by Crippen LogP contribution is -2.23. The molecule has 146 valence electrons. The highest BCUT2D eigenvalue weighted by Crippen LogP contribution is 2.29. The minimum atomic E-state index is -4.36. The van der Waals surface area contributed by atoms with Gasteiger partial charge in [0.1, 0.15) is 5.82 Å². The van der Waals surface area contributed by atoms with E-state index in [2.05, 4.69) is 14.9 Å². The third-order valence-corrected chi connectivity index (χ3v) is 4.37.